The summed E-state index contributed by atoms with van der Waals surface area (Å²) in [6.45, 7) is 4.00. The van der Waals surface area contributed by atoms with Gasteiger partial charge >= 0.3 is 0 Å². The average Bonchev–Trinajstić information content (AvgIpc) is 3.03. The smallest absolute Gasteiger partial charge is 0.00106 e. The van der Waals surface area contributed by atoms with Gasteiger partial charge in [0.15, 0.2) is 0 Å². The Morgan fingerprint density at radius 2 is 1.67 bits per heavy atom. The second-order valence-corrected chi connectivity index (χ2v) is 6.15. The van der Waals surface area contributed by atoms with E-state index in [9.17, 15) is 0 Å². The lowest BCUT2D eigenvalue weighted by molar-refractivity contribution is 1.19. The quantitative estimate of drug-likeness (QED) is 0.657. The van der Waals surface area contributed by atoms with Crippen LogP contribution >= 0.6 is 0 Å². The first-order chi connectivity index (χ1) is 11.9. The highest BCUT2D eigenvalue weighted by Gasteiger charge is 2.21. The van der Waals surface area contributed by atoms with Crippen LogP contribution in [0.15, 0.2) is 66.3 Å². The lowest BCUT2D eigenvalue weighted by atomic mass is 9.93. The fourth-order valence-corrected chi connectivity index (χ4v) is 3.96. The van der Waals surface area contributed by atoms with Gasteiger partial charge in [-0.2, -0.15) is 0 Å². The van der Waals surface area contributed by atoms with Crippen molar-refractivity contribution in [2.45, 2.75) is 26.7 Å². The number of hydrogen-bond donors (Lipinski definition) is 0. The zero-order chi connectivity index (χ0) is 16.5. The Kier molecular flexibility index (Phi) is 3.82. The molecule has 24 heavy (non-hydrogen) atoms. The summed E-state index contributed by atoms with van der Waals surface area (Å²) in [5, 5.41) is 2.78. The third-order valence-corrected chi connectivity index (χ3v) is 4.96. The Hall–Kier alpha value is -2.60. The third kappa shape index (κ3) is 2.22. The molecule has 0 heteroatoms. The molecule has 118 valence electrons. The summed E-state index contributed by atoms with van der Waals surface area (Å²) in [5.41, 5.74) is 8.58. The largest absolute Gasteiger partial charge is 0.0801 e. The number of allylic oxidation sites excluding steroid dienone is 5. The maximum Gasteiger partial charge on any atom is -0.00106 e. The number of fused-ring (bicyclic) bond motifs is 3. The third-order valence-electron chi connectivity index (χ3n) is 4.96. The van der Waals surface area contributed by atoms with Crippen LogP contribution in [-0.4, -0.2) is 0 Å². The Morgan fingerprint density at radius 3 is 2.58 bits per heavy atom. The van der Waals surface area contributed by atoms with Crippen molar-refractivity contribution in [3.63, 3.8) is 0 Å². The van der Waals surface area contributed by atoms with Crippen molar-refractivity contribution >= 4 is 17.7 Å². The van der Waals surface area contributed by atoms with E-state index >= 15 is 0 Å². The van der Waals surface area contributed by atoms with Crippen molar-refractivity contribution in [2.75, 3.05) is 0 Å². The normalized spacial score (nSPS) is 15.8. The van der Waals surface area contributed by atoms with Gasteiger partial charge in [-0.1, -0.05) is 86.7 Å². The Morgan fingerprint density at radius 1 is 0.833 bits per heavy atom. The second-order valence-electron chi connectivity index (χ2n) is 6.15. The first kappa shape index (κ1) is 15.0. The van der Waals surface area contributed by atoms with Crippen LogP contribution in [0.3, 0.4) is 0 Å². The summed E-state index contributed by atoms with van der Waals surface area (Å²) in [7, 11) is 0. The van der Waals surface area contributed by atoms with E-state index in [1.165, 1.54) is 43.8 Å². The van der Waals surface area contributed by atoms with Gasteiger partial charge in [-0.3, -0.25) is 0 Å². The highest BCUT2D eigenvalue weighted by Crippen LogP contribution is 2.35. The Bertz CT molecular complexity index is 1010. The molecule has 3 aliphatic carbocycles. The van der Waals surface area contributed by atoms with Crippen LogP contribution in [0.5, 0.6) is 0 Å². The van der Waals surface area contributed by atoms with Gasteiger partial charge in [0.25, 0.3) is 0 Å². The summed E-state index contributed by atoms with van der Waals surface area (Å²) in [6.07, 6.45) is 15.6. The maximum absolute atomic E-state index is 2.31. The molecule has 0 saturated heterocycles. The molecule has 0 radical (unpaired) electrons. The van der Waals surface area contributed by atoms with Crippen LogP contribution in [0, 0.1) is 0 Å². The van der Waals surface area contributed by atoms with E-state index in [1.54, 1.807) is 0 Å². The minimum Gasteiger partial charge on any atom is -0.0801 e. The Balaban J connectivity index is 0.000000704. The molecule has 0 aliphatic heterocycles. The lowest BCUT2D eigenvalue weighted by Gasteiger charge is -2.11. The summed E-state index contributed by atoms with van der Waals surface area (Å²) >= 11 is 0. The molecule has 2 aromatic carbocycles. The van der Waals surface area contributed by atoms with Crippen LogP contribution in [-0.2, 0) is 6.42 Å². The van der Waals surface area contributed by atoms with E-state index in [-0.39, 0.29) is 0 Å². The van der Waals surface area contributed by atoms with E-state index in [2.05, 4.69) is 72.9 Å². The summed E-state index contributed by atoms with van der Waals surface area (Å²) in [4.78, 5) is 0. The van der Waals surface area contributed by atoms with Crippen LogP contribution < -0.4 is 10.4 Å². The fourth-order valence-electron chi connectivity index (χ4n) is 3.96. The molecule has 0 spiro atoms. The molecule has 0 N–H and O–H groups in total. The predicted octanol–water partition coefficient (Wildman–Crippen LogP) is 4.78. The van der Waals surface area contributed by atoms with Crippen molar-refractivity contribution in [1.29, 1.82) is 0 Å². The zero-order valence-electron chi connectivity index (χ0n) is 14.3. The van der Waals surface area contributed by atoms with Crippen LogP contribution in [0.4, 0.5) is 0 Å². The minimum atomic E-state index is 1.02. The van der Waals surface area contributed by atoms with Crippen molar-refractivity contribution < 1.29 is 0 Å². The molecule has 5 rings (SSSR count). The topological polar surface area (TPSA) is 0 Å². The van der Waals surface area contributed by atoms with Gasteiger partial charge in [-0.05, 0) is 56.7 Å². The SMILES string of the molecule is C1=CCC2=c3c(cccc3=C1)-c1cccc3c1CC2=CC=C3.CC. The molecule has 0 saturated carbocycles. The molecular weight excluding hydrogens is 288 g/mol. The van der Waals surface area contributed by atoms with Crippen molar-refractivity contribution in [3.05, 3.63) is 87.8 Å². The highest BCUT2D eigenvalue weighted by molar-refractivity contribution is 5.84. The summed E-state index contributed by atoms with van der Waals surface area (Å²) in [5.74, 6) is 0. The number of benzene rings is 2. The van der Waals surface area contributed by atoms with E-state index in [0.717, 1.165) is 12.8 Å². The monoisotopic (exact) mass is 310 g/mol. The molecule has 0 heterocycles. The zero-order valence-corrected chi connectivity index (χ0v) is 14.3. The van der Waals surface area contributed by atoms with Gasteiger partial charge in [-0.25, -0.2) is 0 Å². The molecule has 0 fully saturated rings. The van der Waals surface area contributed by atoms with Gasteiger partial charge in [0.2, 0.25) is 0 Å². The molecule has 0 unspecified atom stereocenters. The van der Waals surface area contributed by atoms with Gasteiger partial charge in [0, 0.05) is 0 Å². The highest BCUT2D eigenvalue weighted by atomic mass is 14.2. The average molecular weight is 310 g/mol. The molecule has 2 aromatic rings. The van der Waals surface area contributed by atoms with Crippen molar-refractivity contribution in [2.24, 2.45) is 0 Å². The van der Waals surface area contributed by atoms with Crippen molar-refractivity contribution in [1.82, 2.24) is 0 Å². The van der Waals surface area contributed by atoms with Crippen molar-refractivity contribution in [3.8, 4) is 11.1 Å². The predicted molar refractivity (Wildman–Crippen MR) is 105 cm³/mol. The van der Waals surface area contributed by atoms with Gasteiger partial charge in [0.1, 0.15) is 0 Å². The lowest BCUT2D eigenvalue weighted by Crippen LogP contribution is -2.28. The molecular formula is C24H22. The standard InChI is InChI=1S/C22H16.C2H6/c1-2-11-18-17-10-3-7-15-8-4-12-19(21(15)14-17)20-13-5-9-16(6-1)22(18)20;1-2/h1-10,12-13H,11,14H2;1-2H3. The Labute approximate surface area is 143 Å². The second kappa shape index (κ2) is 6.13. The van der Waals surface area contributed by atoms with Crippen LogP contribution in [0.25, 0.3) is 28.9 Å². The minimum absolute atomic E-state index is 1.02. The number of hydrogen-bond acceptors (Lipinski definition) is 0. The van der Waals surface area contributed by atoms with E-state index < -0.39 is 0 Å². The first-order valence-electron chi connectivity index (χ1n) is 8.91. The van der Waals surface area contributed by atoms with Crippen LogP contribution in [0.2, 0.25) is 0 Å². The summed E-state index contributed by atoms with van der Waals surface area (Å²) < 4.78 is 0. The van der Waals surface area contributed by atoms with Crippen LogP contribution in [0.1, 0.15) is 31.4 Å². The van der Waals surface area contributed by atoms with E-state index in [4.69, 9.17) is 0 Å². The first-order valence-corrected chi connectivity index (χ1v) is 8.91. The molecule has 0 amide bonds. The molecule has 0 aromatic heterocycles. The molecule has 3 aliphatic rings. The maximum atomic E-state index is 2.31. The molecule has 2 bridgehead atoms. The fraction of sp³-hybridized carbons (Fsp3) is 0.167. The van der Waals surface area contributed by atoms with E-state index in [0.29, 0.717) is 0 Å². The van der Waals surface area contributed by atoms with Gasteiger partial charge < -0.3 is 0 Å². The van der Waals surface area contributed by atoms with Gasteiger partial charge in [-0.15, -0.1) is 0 Å². The van der Waals surface area contributed by atoms with Gasteiger partial charge in [0.05, 0.1) is 0 Å². The molecule has 0 nitrogen and oxygen atoms in total. The van der Waals surface area contributed by atoms with E-state index in [1.807, 2.05) is 13.8 Å². The number of rotatable bonds is 0. The summed E-state index contributed by atoms with van der Waals surface area (Å²) in [6, 6.07) is 13.4. The molecule has 0 atom stereocenters.